The summed E-state index contributed by atoms with van der Waals surface area (Å²) in [5.74, 6) is 0. The molecule has 0 nitrogen and oxygen atoms in total. The maximum Gasteiger partial charge on any atom is 0.214 e. The lowest BCUT2D eigenvalue weighted by molar-refractivity contribution is 1.51. The summed E-state index contributed by atoms with van der Waals surface area (Å²) in [6.45, 7) is 4.32. The molecule has 2 aromatic carbocycles. The lowest BCUT2D eigenvalue weighted by Crippen LogP contribution is -2.51. The Kier molecular flexibility index (Phi) is 3.17. The summed E-state index contributed by atoms with van der Waals surface area (Å²) in [4.78, 5) is 0. The molecular formula is C14H15ClSi. The molecule has 0 heterocycles. The van der Waals surface area contributed by atoms with Gasteiger partial charge in [0.05, 0.1) is 0 Å². The summed E-state index contributed by atoms with van der Waals surface area (Å²) >= 11 is 6.83. The summed E-state index contributed by atoms with van der Waals surface area (Å²) in [6.07, 6.45) is 0. The molecule has 2 aromatic rings. The van der Waals surface area contributed by atoms with Crippen LogP contribution < -0.4 is 10.4 Å². The Morgan fingerprint density at radius 3 is 2.06 bits per heavy atom. The van der Waals surface area contributed by atoms with Gasteiger partial charge >= 0.3 is 0 Å². The van der Waals surface area contributed by atoms with Crippen LogP contribution in [0.2, 0.25) is 6.55 Å². The summed E-state index contributed by atoms with van der Waals surface area (Å²) in [7, 11) is -2.03. The SMILES string of the molecule is Cc1ccccc1[Si](C)(Cl)c1ccccc1. The molecule has 0 radical (unpaired) electrons. The minimum atomic E-state index is -2.03. The summed E-state index contributed by atoms with van der Waals surface area (Å²) in [6, 6.07) is 18.8. The first-order valence-corrected chi connectivity index (χ1v) is 8.94. The van der Waals surface area contributed by atoms with Crippen molar-refractivity contribution in [2.75, 3.05) is 0 Å². The Morgan fingerprint density at radius 2 is 1.44 bits per heavy atom. The van der Waals surface area contributed by atoms with Crippen molar-refractivity contribution in [1.29, 1.82) is 0 Å². The first kappa shape index (κ1) is 11.4. The molecule has 0 saturated heterocycles. The van der Waals surface area contributed by atoms with Crippen LogP contribution in [0.4, 0.5) is 0 Å². The third-order valence-corrected chi connectivity index (χ3v) is 7.22. The van der Waals surface area contributed by atoms with Crippen LogP contribution >= 0.6 is 11.1 Å². The van der Waals surface area contributed by atoms with Crippen molar-refractivity contribution in [3.05, 3.63) is 60.2 Å². The average molecular weight is 247 g/mol. The summed E-state index contributed by atoms with van der Waals surface area (Å²) in [5, 5.41) is 2.58. The van der Waals surface area contributed by atoms with Gasteiger partial charge in [0.2, 0.25) is 7.38 Å². The van der Waals surface area contributed by atoms with Gasteiger partial charge in [-0.1, -0.05) is 60.2 Å². The lowest BCUT2D eigenvalue weighted by Gasteiger charge is -2.22. The highest BCUT2D eigenvalue weighted by Gasteiger charge is 2.30. The van der Waals surface area contributed by atoms with Gasteiger partial charge in [-0.2, -0.15) is 11.1 Å². The monoisotopic (exact) mass is 246 g/mol. The smallest absolute Gasteiger partial charge is 0.155 e. The number of benzene rings is 2. The van der Waals surface area contributed by atoms with E-state index in [9.17, 15) is 0 Å². The van der Waals surface area contributed by atoms with E-state index >= 15 is 0 Å². The van der Waals surface area contributed by atoms with Crippen LogP contribution in [-0.2, 0) is 0 Å². The second kappa shape index (κ2) is 4.44. The average Bonchev–Trinajstić information content (AvgIpc) is 2.30. The van der Waals surface area contributed by atoms with Crippen LogP contribution in [0.5, 0.6) is 0 Å². The molecule has 2 rings (SSSR count). The Bertz CT molecular complexity index is 477. The van der Waals surface area contributed by atoms with Crippen LogP contribution in [0, 0.1) is 6.92 Å². The van der Waals surface area contributed by atoms with E-state index in [-0.39, 0.29) is 0 Å². The van der Waals surface area contributed by atoms with E-state index in [1.807, 2.05) is 6.07 Å². The first-order valence-electron chi connectivity index (χ1n) is 5.43. The van der Waals surface area contributed by atoms with E-state index in [2.05, 4.69) is 62.0 Å². The van der Waals surface area contributed by atoms with Gasteiger partial charge < -0.3 is 0 Å². The number of rotatable bonds is 2. The quantitative estimate of drug-likeness (QED) is 0.565. The second-order valence-electron chi connectivity index (χ2n) is 4.18. The molecule has 1 atom stereocenters. The Labute approximate surface area is 103 Å². The largest absolute Gasteiger partial charge is 0.214 e. The van der Waals surface area contributed by atoms with Gasteiger partial charge in [-0.15, -0.1) is 0 Å². The molecule has 0 fully saturated rings. The molecule has 0 aliphatic heterocycles. The minimum Gasteiger partial charge on any atom is -0.155 e. The fraction of sp³-hybridized carbons (Fsp3) is 0.143. The van der Waals surface area contributed by atoms with Crippen molar-refractivity contribution >= 4 is 28.8 Å². The van der Waals surface area contributed by atoms with Crippen molar-refractivity contribution < 1.29 is 0 Å². The molecule has 0 amide bonds. The van der Waals surface area contributed by atoms with Crippen LogP contribution in [0.3, 0.4) is 0 Å². The van der Waals surface area contributed by atoms with Gasteiger partial charge in [-0.3, -0.25) is 0 Å². The van der Waals surface area contributed by atoms with Gasteiger partial charge in [0.25, 0.3) is 0 Å². The molecule has 82 valence electrons. The number of aryl methyl sites for hydroxylation is 1. The zero-order valence-corrected chi connectivity index (χ0v) is 11.3. The van der Waals surface area contributed by atoms with E-state index in [1.165, 1.54) is 15.9 Å². The molecule has 0 aromatic heterocycles. The predicted octanol–water partition coefficient (Wildman–Crippen LogP) is 2.92. The number of hydrogen-bond donors (Lipinski definition) is 0. The summed E-state index contributed by atoms with van der Waals surface area (Å²) < 4.78 is 0. The molecule has 0 saturated carbocycles. The molecule has 0 N–H and O–H groups in total. The Hall–Kier alpha value is -1.05. The second-order valence-corrected chi connectivity index (χ2v) is 9.57. The molecule has 0 bridgehead atoms. The predicted molar refractivity (Wildman–Crippen MR) is 74.4 cm³/mol. The topological polar surface area (TPSA) is 0 Å². The molecule has 0 aliphatic carbocycles. The van der Waals surface area contributed by atoms with Crippen molar-refractivity contribution in [3.8, 4) is 0 Å². The van der Waals surface area contributed by atoms with Gasteiger partial charge in [-0.25, -0.2) is 0 Å². The Morgan fingerprint density at radius 1 is 0.875 bits per heavy atom. The van der Waals surface area contributed by atoms with E-state index in [0.717, 1.165) is 0 Å². The molecule has 0 aliphatic rings. The van der Waals surface area contributed by atoms with Gasteiger partial charge in [0, 0.05) is 0 Å². The molecule has 1 unspecified atom stereocenters. The van der Waals surface area contributed by atoms with E-state index in [4.69, 9.17) is 11.1 Å². The number of halogens is 1. The lowest BCUT2D eigenvalue weighted by atomic mass is 10.2. The van der Waals surface area contributed by atoms with E-state index in [0.29, 0.717) is 0 Å². The van der Waals surface area contributed by atoms with Crippen LogP contribution in [0.15, 0.2) is 54.6 Å². The summed E-state index contributed by atoms with van der Waals surface area (Å²) in [5.41, 5.74) is 1.29. The van der Waals surface area contributed by atoms with Crippen LogP contribution in [0.25, 0.3) is 0 Å². The zero-order chi connectivity index (χ0) is 11.6. The fourth-order valence-corrected chi connectivity index (χ4v) is 5.38. The maximum absolute atomic E-state index is 6.83. The zero-order valence-electron chi connectivity index (χ0n) is 9.57. The standard InChI is InChI=1S/C14H15ClSi/c1-12-8-6-7-11-14(12)16(2,15)13-9-4-3-5-10-13/h3-11H,1-2H3. The molecule has 2 heteroatoms. The Balaban J connectivity index is 2.51. The van der Waals surface area contributed by atoms with E-state index < -0.39 is 7.38 Å². The molecule has 16 heavy (non-hydrogen) atoms. The maximum atomic E-state index is 6.83. The van der Waals surface area contributed by atoms with Crippen molar-refractivity contribution in [2.24, 2.45) is 0 Å². The van der Waals surface area contributed by atoms with Crippen molar-refractivity contribution in [1.82, 2.24) is 0 Å². The van der Waals surface area contributed by atoms with Crippen molar-refractivity contribution in [2.45, 2.75) is 13.5 Å². The first-order chi connectivity index (χ1) is 7.62. The minimum absolute atomic E-state index is 1.27. The molecule has 0 spiro atoms. The highest BCUT2D eigenvalue weighted by molar-refractivity contribution is 7.33. The van der Waals surface area contributed by atoms with Gasteiger partial charge in [0.15, 0.2) is 0 Å². The van der Waals surface area contributed by atoms with Gasteiger partial charge in [-0.05, 0) is 23.8 Å². The fourth-order valence-electron chi connectivity index (χ4n) is 2.01. The van der Waals surface area contributed by atoms with E-state index in [1.54, 1.807) is 0 Å². The normalized spacial score (nSPS) is 14.4. The highest BCUT2D eigenvalue weighted by Crippen LogP contribution is 2.12. The van der Waals surface area contributed by atoms with Crippen LogP contribution in [0.1, 0.15) is 5.56 Å². The van der Waals surface area contributed by atoms with Gasteiger partial charge in [0.1, 0.15) is 0 Å². The highest BCUT2D eigenvalue weighted by atomic mass is 35.6. The van der Waals surface area contributed by atoms with Crippen molar-refractivity contribution in [3.63, 3.8) is 0 Å². The third kappa shape index (κ3) is 2.06. The molecular weight excluding hydrogens is 232 g/mol. The van der Waals surface area contributed by atoms with Crippen LogP contribution in [-0.4, -0.2) is 7.38 Å². The number of hydrogen-bond acceptors (Lipinski definition) is 0. The third-order valence-electron chi connectivity index (χ3n) is 2.97.